The van der Waals surface area contributed by atoms with Gasteiger partial charge in [-0.2, -0.15) is 4.37 Å². The number of nitrogens with zero attached hydrogens (tertiary/aromatic N) is 2. The first-order chi connectivity index (χ1) is 9.72. The summed E-state index contributed by atoms with van der Waals surface area (Å²) in [5, 5.41) is 3.36. The number of thioether (sulfide) groups is 1. The number of hydrogen-bond acceptors (Lipinski definition) is 7. The van der Waals surface area contributed by atoms with Gasteiger partial charge in [-0.25, -0.2) is 4.98 Å². The maximum Gasteiger partial charge on any atom is 0.323 e. The van der Waals surface area contributed by atoms with E-state index in [2.05, 4.69) is 14.7 Å². The number of aryl methyl sites for hydroxylation is 1. The first-order valence-electron chi connectivity index (χ1n) is 7.11. The number of esters is 1. The number of nitrogens with one attached hydrogen (secondary N) is 1. The molecule has 1 aromatic rings. The summed E-state index contributed by atoms with van der Waals surface area (Å²) < 4.78 is 10.4. The van der Waals surface area contributed by atoms with Crippen molar-refractivity contribution >= 4 is 29.3 Å². The van der Waals surface area contributed by atoms with Gasteiger partial charge in [0.2, 0.25) is 0 Å². The topological polar surface area (TPSA) is 64.1 Å². The van der Waals surface area contributed by atoms with E-state index in [4.69, 9.17) is 4.74 Å². The van der Waals surface area contributed by atoms with Crippen molar-refractivity contribution in [3.8, 4) is 0 Å². The molecular weight excluding hydrogens is 294 g/mol. The van der Waals surface area contributed by atoms with Crippen molar-refractivity contribution in [2.24, 2.45) is 0 Å². The zero-order valence-electron chi connectivity index (χ0n) is 11.9. The normalized spacial score (nSPS) is 16.1. The van der Waals surface area contributed by atoms with Crippen LogP contribution in [0.3, 0.4) is 0 Å². The average Bonchev–Trinajstić information content (AvgIpc) is 3.14. The first-order valence-corrected chi connectivity index (χ1v) is 8.86. The van der Waals surface area contributed by atoms with Crippen LogP contribution in [0.25, 0.3) is 0 Å². The molecule has 20 heavy (non-hydrogen) atoms. The van der Waals surface area contributed by atoms with Crippen molar-refractivity contribution in [1.29, 1.82) is 0 Å². The van der Waals surface area contributed by atoms with E-state index < -0.39 is 0 Å². The van der Waals surface area contributed by atoms with Gasteiger partial charge in [-0.3, -0.25) is 4.79 Å². The van der Waals surface area contributed by atoms with Gasteiger partial charge < -0.3 is 10.1 Å². The molecule has 1 fully saturated rings. The average molecular weight is 315 g/mol. The molecule has 0 aromatic carbocycles. The lowest BCUT2D eigenvalue weighted by molar-refractivity contribution is -0.145. The molecule has 1 aliphatic carbocycles. The fourth-order valence-electron chi connectivity index (χ4n) is 1.75. The Hall–Kier alpha value is -0.660. The van der Waals surface area contributed by atoms with Crippen molar-refractivity contribution in [3.05, 3.63) is 5.82 Å². The van der Waals surface area contributed by atoms with Gasteiger partial charge in [0.25, 0.3) is 0 Å². The molecule has 1 aromatic heterocycles. The summed E-state index contributed by atoms with van der Waals surface area (Å²) in [5.41, 5.74) is 0. The minimum Gasteiger partial charge on any atom is -0.465 e. The third-order valence-electron chi connectivity index (χ3n) is 2.98. The Morgan fingerprint density at radius 1 is 1.55 bits per heavy atom. The van der Waals surface area contributed by atoms with Gasteiger partial charge in [0.1, 0.15) is 11.9 Å². The maximum atomic E-state index is 11.9. The van der Waals surface area contributed by atoms with Crippen LogP contribution in [-0.2, 0) is 16.0 Å². The van der Waals surface area contributed by atoms with Crippen LogP contribution in [-0.4, -0.2) is 39.8 Å². The molecule has 0 aliphatic heterocycles. The predicted molar refractivity (Wildman–Crippen MR) is 81.2 cm³/mol. The number of rotatable bonds is 9. The van der Waals surface area contributed by atoms with Crippen LogP contribution in [0.15, 0.2) is 4.34 Å². The molecule has 7 heteroatoms. The van der Waals surface area contributed by atoms with Crippen LogP contribution in [0.2, 0.25) is 0 Å². The van der Waals surface area contributed by atoms with Crippen LogP contribution < -0.4 is 5.32 Å². The van der Waals surface area contributed by atoms with Crippen LogP contribution in [0, 0.1) is 0 Å². The van der Waals surface area contributed by atoms with Crippen molar-refractivity contribution in [2.75, 3.05) is 12.4 Å². The summed E-state index contributed by atoms with van der Waals surface area (Å²) in [6, 6.07) is 0.316. The van der Waals surface area contributed by atoms with Crippen LogP contribution >= 0.6 is 23.3 Å². The zero-order chi connectivity index (χ0) is 14.4. The highest BCUT2D eigenvalue weighted by Gasteiger charge is 2.28. The Balaban J connectivity index is 1.76. The Morgan fingerprint density at radius 2 is 2.35 bits per heavy atom. The van der Waals surface area contributed by atoms with Gasteiger partial charge >= 0.3 is 5.97 Å². The van der Waals surface area contributed by atoms with Crippen molar-refractivity contribution in [2.45, 2.75) is 56.0 Å². The largest absolute Gasteiger partial charge is 0.465 e. The second-order valence-corrected chi connectivity index (χ2v) is 6.81. The number of ether oxygens (including phenoxy) is 1. The third kappa shape index (κ3) is 5.03. The molecule has 1 saturated carbocycles. The van der Waals surface area contributed by atoms with E-state index in [1.807, 2.05) is 13.8 Å². The summed E-state index contributed by atoms with van der Waals surface area (Å²) in [5.74, 6) is 1.61. The quantitative estimate of drug-likeness (QED) is 0.557. The lowest BCUT2D eigenvalue weighted by Gasteiger charge is -2.16. The van der Waals surface area contributed by atoms with Crippen LogP contribution in [0.4, 0.5) is 0 Å². The number of hydrogen-bond donors (Lipinski definition) is 1. The lowest BCUT2D eigenvalue weighted by Crippen LogP contribution is -2.39. The number of aromatic nitrogens is 2. The highest BCUT2D eigenvalue weighted by atomic mass is 32.2. The molecule has 2 rings (SSSR count). The lowest BCUT2D eigenvalue weighted by atomic mass is 10.2. The highest BCUT2D eigenvalue weighted by Crippen LogP contribution is 2.24. The van der Waals surface area contributed by atoms with E-state index in [9.17, 15) is 4.79 Å². The van der Waals surface area contributed by atoms with E-state index in [0.717, 1.165) is 28.8 Å². The molecule has 0 bridgehead atoms. The molecule has 0 spiro atoms. The summed E-state index contributed by atoms with van der Waals surface area (Å²) in [4.78, 5) is 16.3. The summed E-state index contributed by atoms with van der Waals surface area (Å²) in [6.45, 7) is 4.33. The Labute approximate surface area is 128 Å². The second kappa shape index (κ2) is 7.95. The minimum atomic E-state index is -0.187. The molecule has 0 radical (unpaired) electrons. The van der Waals surface area contributed by atoms with Gasteiger partial charge in [-0.05, 0) is 37.7 Å². The Kier molecular flexibility index (Phi) is 6.25. The number of carbonyl (C=O) groups excluding carboxylic acids is 1. The molecule has 1 unspecified atom stereocenters. The Bertz CT molecular complexity index is 435. The van der Waals surface area contributed by atoms with E-state index >= 15 is 0 Å². The van der Waals surface area contributed by atoms with Crippen molar-refractivity contribution in [1.82, 2.24) is 14.7 Å². The molecule has 0 saturated heterocycles. The molecule has 1 heterocycles. The molecular formula is C13H21N3O2S2. The summed E-state index contributed by atoms with van der Waals surface area (Å²) in [6.07, 6.45) is 3.96. The standard InChI is InChI=1S/C13H21N3O2S2/c1-3-11-15-13(20-16-11)19-8-7-10(12(17)18-4-2)14-9-5-6-9/h9-10,14H,3-8H2,1-2H3. The molecule has 112 valence electrons. The number of carbonyl (C=O) groups is 1. The molecule has 1 atom stereocenters. The molecule has 1 aliphatic rings. The van der Waals surface area contributed by atoms with Crippen molar-refractivity contribution in [3.63, 3.8) is 0 Å². The zero-order valence-corrected chi connectivity index (χ0v) is 13.6. The van der Waals surface area contributed by atoms with E-state index in [0.29, 0.717) is 12.6 Å². The summed E-state index contributed by atoms with van der Waals surface area (Å²) >= 11 is 3.10. The second-order valence-electron chi connectivity index (χ2n) is 4.71. The van der Waals surface area contributed by atoms with Gasteiger partial charge in [-0.15, -0.1) is 0 Å². The SMILES string of the molecule is CCOC(=O)C(CCSc1nc(CC)ns1)NC1CC1. The van der Waals surface area contributed by atoms with Gasteiger partial charge in [-0.1, -0.05) is 18.7 Å². The highest BCUT2D eigenvalue weighted by molar-refractivity contribution is 8.00. The predicted octanol–water partition coefficient (Wildman–Crippen LogP) is 2.27. The monoisotopic (exact) mass is 315 g/mol. The fraction of sp³-hybridized carbons (Fsp3) is 0.769. The van der Waals surface area contributed by atoms with E-state index in [1.54, 1.807) is 11.8 Å². The van der Waals surface area contributed by atoms with Gasteiger partial charge in [0.05, 0.1) is 6.61 Å². The van der Waals surface area contributed by atoms with Gasteiger partial charge in [0.15, 0.2) is 4.34 Å². The molecule has 1 N–H and O–H groups in total. The van der Waals surface area contributed by atoms with Crippen molar-refractivity contribution < 1.29 is 9.53 Å². The fourth-order valence-corrected chi connectivity index (χ4v) is 3.52. The van der Waals surface area contributed by atoms with Crippen LogP contribution in [0.5, 0.6) is 0 Å². The first kappa shape index (κ1) is 15.7. The smallest absolute Gasteiger partial charge is 0.323 e. The molecule has 0 amide bonds. The third-order valence-corrected chi connectivity index (χ3v) is 4.89. The van der Waals surface area contributed by atoms with Crippen LogP contribution in [0.1, 0.15) is 38.9 Å². The van der Waals surface area contributed by atoms with Gasteiger partial charge in [0, 0.05) is 18.2 Å². The Morgan fingerprint density at radius 3 is 2.95 bits per heavy atom. The molecule has 5 nitrogen and oxygen atoms in total. The minimum absolute atomic E-state index is 0.133. The van der Waals surface area contributed by atoms with E-state index in [-0.39, 0.29) is 12.0 Å². The van der Waals surface area contributed by atoms with E-state index in [1.165, 1.54) is 24.4 Å². The summed E-state index contributed by atoms with van der Waals surface area (Å²) in [7, 11) is 0. The maximum absolute atomic E-state index is 11.9.